The quantitative estimate of drug-likeness (QED) is 0.725. The summed E-state index contributed by atoms with van der Waals surface area (Å²) in [4.78, 5) is 12.6. The molecular weight excluding hydrogens is 312 g/mol. The summed E-state index contributed by atoms with van der Waals surface area (Å²) in [5, 5.41) is 2.96. The molecule has 0 unspecified atom stereocenters. The second kappa shape index (κ2) is 7.71. The molecular formula is C21H22N2O2. The molecule has 3 aromatic rings. The Morgan fingerprint density at radius 1 is 1.08 bits per heavy atom. The monoisotopic (exact) mass is 334 g/mol. The average Bonchev–Trinajstić information content (AvgIpc) is 3.14. The van der Waals surface area contributed by atoms with Gasteiger partial charge in [0.2, 0.25) is 5.91 Å². The SMILES string of the molecule is COc1ccc(NC(=O)C[C@H](c2cccc(C)c2)n2cccc2)cc1. The van der Waals surface area contributed by atoms with E-state index >= 15 is 0 Å². The zero-order chi connectivity index (χ0) is 17.6. The highest BCUT2D eigenvalue weighted by molar-refractivity contribution is 5.91. The molecule has 0 radical (unpaired) electrons. The maximum absolute atomic E-state index is 12.6. The van der Waals surface area contributed by atoms with Gasteiger partial charge in [0.05, 0.1) is 19.6 Å². The van der Waals surface area contributed by atoms with Gasteiger partial charge in [0.15, 0.2) is 0 Å². The number of methoxy groups -OCH3 is 1. The molecule has 0 fully saturated rings. The Morgan fingerprint density at radius 2 is 1.80 bits per heavy atom. The van der Waals surface area contributed by atoms with Crippen LogP contribution in [-0.2, 0) is 4.79 Å². The summed E-state index contributed by atoms with van der Waals surface area (Å²) < 4.78 is 7.21. The second-order valence-electron chi connectivity index (χ2n) is 6.04. The summed E-state index contributed by atoms with van der Waals surface area (Å²) in [6.45, 7) is 2.06. The second-order valence-corrected chi connectivity index (χ2v) is 6.04. The van der Waals surface area contributed by atoms with Crippen molar-refractivity contribution in [2.75, 3.05) is 12.4 Å². The van der Waals surface area contributed by atoms with Crippen LogP contribution in [0.1, 0.15) is 23.6 Å². The van der Waals surface area contributed by atoms with Crippen LogP contribution in [0.3, 0.4) is 0 Å². The molecule has 4 nitrogen and oxygen atoms in total. The van der Waals surface area contributed by atoms with Gasteiger partial charge in [0.25, 0.3) is 0 Å². The van der Waals surface area contributed by atoms with Crippen LogP contribution >= 0.6 is 0 Å². The third-order valence-electron chi connectivity index (χ3n) is 4.17. The Hall–Kier alpha value is -3.01. The van der Waals surface area contributed by atoms with Crippen LogP contribution in [0.4, 0.5) is 5.69 Å². The molecule has 2 aromatic carbocycles. The summed E-state index contributed by atoms with van der Waals surface area (Å²) in [6, 6.07) is 19.6. The molecule has 4 heteroatoms. The number of benzene rings is 2. The zero-order valence-electron chi connectivity index (χ0n) is 14.5. The van der Waals surface area contributed by atoms with Gasteiger partial charge in [-0.25, -0.2) is 0 Å². The number of hydrogen-bond donors (Lipinski definition) is 1. The number of rotatable bonds is 6. The molecule has 0 saturated carbocycles. The van der Waals surface area contributed by atoms with E-state index < -0.39 is 0 Å². The molecule has 0 aliphatic carbocycles. The Morgan fingerprint density at radius 3 is 2.44 bits per heavy atom. The highest BCUT2D eigenvalue weighted by Crippen LogP contribution is 2.24. The van der Waals surface area contributed by atoms with E-state index in [-0.39, 0.29) is 11.9 Å². The number of nitrogens with one attached hydrogen (secondary N) is 1. The van der Waals surface area contributed by atoms with Crippen LogP contribution < -0.4 is 10.1 Å². The Kier molecular flexibility index (Phi) is 5.19. The number of carbonyl (C=O) groups excluding carboxylic acids is 1. The van der Waals surface area contributed by atoms with Gasteiger partial charge in [-0.05, 0) is 48.9 Å². The van der Waals surface area contributed by atoms with Crippen molar-refractivity contribution in [2.24, 2.45) is 0 Å². The van der Waals surface area contributed by atoms with Crippen molar-refractivity contribution in [3.63, 3.8) is 0 Å². The van der Waals surface area contributed by atoms with Crippen LogP contribution in [0.5, 0.6) is 5.75 Å². The Labute approximate surface area is 148 Å². The first-order chi connectivity index (χ1) is 12.2. The van der Waals surface area contributed by atoms with E-state index in [1.807, 2.05) is 54.9 Å². The van der Waals surface area contributed by atoms with Crippen LogP contribution in [0.25, 0.3) is 0 Å². The van der Waals surface area contributed by atoms with Crippen LogP contribution in [0.2, 0.25) is 0 Å². The predicted octanol–water partition coefficient (Wildman–Crippen LogP) is 4.42. The van der Waals surface area contributed by atoms with Gasteiger partial charge in [0, 0.05) is 18.1 Å². The van der Waals surface area contributed by atoms with Crippen molar-refractivity contribution >= 4 is 11.6 Å². The number of aryl methyl sites for hydroxylation is 1. The number of carbonyl (C=O) groups is 1. The smallest absolute Gasteiger partial charge is 0.226 e. The van der Waals surface area contributed by atoms with Crippen LogP contribution in [-0.4, -0.2) is 17.6 Å². The van der Waals surface area contributed by atoms with Gasteiger partial charge in [0.1, 0.15) is 5.75 Å². The molecule has 128 valence electrons. The lowest BCUT2D eigenvalue weighted by atomic mass is 10.0. The predicted molar refractivity (Wildman–Crippen MR) is 100.0 cm³/mol. The fourth-order valence-corrected chi connectivity index (χ4v) is 2.89. The minimum Gasteiger partial charge on any atom is -0.497 e. The van der Waals surface area contributed by atoms with E-state index in [1.165, 1.54) is 5.56 Å². The number of hydrogen-bond acceptors (Lipinski definition) is 2. The highest BCUT2D eigenvalue weighted by atomic mass is 16.5. The number of amides is 1. The first-order valence-corrected chi connectivity index (χ1v) is 8.28. The molecule has 1 atom stereocenters. The molecule has 1 aromatic heterocycles. The lowest BCUT2D eigenvalue weighted by Gasteiger charge is -2.20. The van der Waals surface area contributed by atoms with Gasteiger partial charge >= 0.3 is 0 Å². The van der Waals surface area contributed by atoms with Crippen molar-refractivity contribution < 1.29 is 9.53 Å². The largest absolute Gasteiger partial charge is 0.497 e. The van der Waals surface area contributed by atoms with Gasteiger partial charge in [-0.2, -0.15) is 0 Å². The molecule has 1 amide bonds. The first-order valence-electron chi connectivity index (χ1n) is 8.28. The summed E-state index contributed by atoms with van der Waals surface area (Å²) in [7, 11) is 1.62. The lowest BCUT2D eigenvalue weighted by Crippen LogP contribution is -2.19. The number of aromatic nitrogens is 1. The first kappa shape index (κ1) is 16.8. The topological polar surface area (TPSA) is 43.3 Å². The minimum atomic E-state index is -0.0341. The Bertz CT molecular complexity index is 823. The molecule has 3 rings (SSSR count). The molecule has 0 aliphatic heterocycles. The number of ether oxygens (including phenoxy) is 1. The van der Waals surface area contributed by atoms with E-state index in [1.54, 1.807) is 7.11 Å². The maximum Gasteiger partial charge on any atom is 0.226 e. The van der Waals surface area contributed by atoms with Crippen LogP contribution in [0, 0.1) is 6.92 Å². The van der Waals surface area contributed by atoms with Gasteiger partial charge < -0.3 is 14.6 Å². The summed E-state index contributed by atoms with van der Waals surface area (Å²) in [5.41, 5.74) is 3.08. The number of anilines is 1. The van der Waals surface area contributed by atoms with E-state index in [2.05, 4.69) is 35.0 Å². The van der Waals surface area contributed by atoms with Gasteiger partial charge in [-0.15, -0.1) is 0 Å². The Balaban J connectivity index is 1.76. The van der Waals surface area contributed by atoms with Gasteiger partial charge in [-0.3, -0.25) is 4.79 Å². The third-order valence-corrected chi connectivity index (χ3v) is 4.17. The molecule has 0 spiro atoms. The lowest BCUT2D eigenvalue weighted by molar-refractivity contribution is -0.116. The van der Waals surface area contributed by atoms with Crippen molar-refractivity contribution in [1.29, 1.82) is 0 Å². The summed E-state index contributed by atoms with van der Waals surface area (Å²) in [6.07, 6.45) is 4.35. The summed E-state index contributed by atoms with van der Waals surface area (Å²) >= 11 is 0. The minimum absolute atomic E-state index is 0.0228. The maximum atomic E-state index is 12.6. The molecule has 0 aliphatic rings. The fourth-order valence-electron chi connectivity index (χ4n) is 2.89. The van der Waals surface area contributed by atoms with Crippen molar-refractivity contribution in [3.8, 4) is 5.75 Å². The van der Waals surface area contributed by atoms with Crippen molar-refractivity contribution in [2.45, 2.75) is 19.4 Å². The fraction of sp³-hybridized carbons (Fsp3) is 0.190. The van der Waals surface area contributed by atoms with Crippen molar-refractivity contribution in [3.05, 3.63) is 84.2 Å². The molecule has 1 N–H and O–H groups in total. The van der Waals surface area contributed by atoms with Gasteiger partial charge in [-0.1, -0.05) is 29.8 Å². The average molecular weight is 334 g/mol. The van der Waals surface area contributed by atoms with E-state index in [4.69, 9.17) is 4.74 Å². The molecule has 25 heavy (non-hydrogen) atoms. The van der Waals surface area contributed by atoms with E-state index in [0.29, 0.717) is 6.42 Å². The number of nitrogens with zero attached hydrogens (tertiary/aromatic N) is 1. The van der Waals surface area contributed by atoms with E-state index in [9.17, 15) is 4.79 Å². The van der Waals surface area contributed by atoms with Crippen molar-refractivity contribution in [1.82, 2.24) is 4.57 Å². The standard InChI is InChI=1S/C21H22N2O2/c1-16-6-5-7-17(14-16)20(23-12-3-4-13-23)15-21(24)22-18-8-10-19(25-2)11-9-18/h3-14,20H,15H2,1-2H3,(H,22,24)/t20-/m1/s1. The molecule has 1 heterocycles. The normalized spacial score (nSPS) is 11.8. The zero-order valence-corrected chi connectivity index (χ0v) is 14.5. The third kappa shape index (κ3) is 4.29. The van der Waals surface area contributed by atoms with Crippen LogP contribution in [0.15, 0.2) is 73.1 Å². The molecule has 0 bridgehead atoms. The summed E-state index contributed by atoms with van der Waals surface area (Å²) in [5.74, 6) is 0.744. The highest BCUT2D eigenvalue weighted by Gasteiger charge is 2.17. The molecule has 0 saturated heterocycles. The van der Waals surface area contributed by atoms with E-state index in [0.717, 1.165) is 17.0 Å².